The zero-order valence-electron chi connectivity index (χ0n) is 12.3. The summed E-state index contributed by atoms with van der Waals surface area (Å²) in [6.45, 7) is 0. The molecular formula is C16H9ClF3N3O2. The molecule has 2 aromatic heterocycles. The van der Waals surface area contributed by atoms with Gasteiger partial charge in [0.25, 0.3) is 5.91 Å². The van der Waals surface area contributed by atoms with Crippen LogP contribution in [0.2, 0.25) is 5.02 Å². The Hall–Kier alpha value is -2.87. The van der Waals surface area contributed by atoms with Crippen molar-refractivity contribution in [2.24, 2.45) is 0 Å². The number of nitrogens with one attached hydrogen (secondary N) is 1. The zero-order chi connectivity index (χ0) is 18.0. The summed E-state index contributed by atoms with van der Waals surface area (Å²) in [5.74, 6) is -1.16. The Morgan fingerprint density at radius 3 is 2.60 bits per heavy atom. The molecule has 128 valence electrons. The number of benzene rings is 1. The number of halogens is 4. The summed E-state index contributed by atoms with van der Waals surface area (Å²) in [6, 6.07) is 9.01. The van der Waals surface area contributed by atoms with Crippen LogP contribution in [0.25, 0.3) is 10.9 Å². The number of alkyl halides is 3. The molecule has 0 spiro atoms. The van der Waals surface area contributed by atoms with Crippen molar-refractivity contribution in [3.63, 3.8) is 0 Å². The summed E-state index contributed by atoms with van der Waals surface area (Å²) in [5, 5.41) is 3.46. The molecule has 0 radical (unpaired) electrons. The predicted octanol–water partition coefficient (Wildman–Crippen LogP) is 4.43. The number of anilines is 1. The summed E-state index contributed by atoms with van der Waals surface area (Å²) < 4.78 is 39.9. The van der Waals surface area contributed by atoms with Crippen molar-refractivity contribution < 1.29 is 22.7 Å². The Kier molecular flexibility index (Phi) is 4.45. The van der Waals surface area contributed by atoms with Crippen LogP contribution in [0.1, 0.15) is 10.4 Å². The largest absolute Gasteiger partial charge is 0.574 e. The number of ether oxygens (including phenoxy) is 1. The number of fused-ring (bicyclic) bond motifs is 1. The van der Waals surface area contributed by atoms with Crippen molar-refractivity contribution in [3.05, 3.63) is 59.4 Å². The van der Waals surface area contributed by atoms with Crippen molar-refractivity contribution in [2.75, 3.05) is 5.32 Å². The summed E-state index contributed by atoms with van der Waals surface area (Å²) in [5.41, 5.74) is 0.851. The van der Waals surface area contributed by atoms with Gasteiger partial charge in [-0.05, 0) is 18.2 Å². The molecule has 0 saturated carbocycles. The smallest absolute Gasteiger partial charge is 0.388 e. The van der Waals surface area contributed by atoms with Gasteiger partial charge in [0.2, 0.25) is 5.88 Å². The molecule has 25 heavy (non-hydrogen) atoms. The highest BCUT2D eigenvalue weighted by Crippen LogP contribution is 2.26. The highest BCUT2D eigenvalue weighted by atomic mass is 35.5. The fraction of sp³-hybridized carbons (Fsp3) is 0.0625. The SMILES string of the molecule is O=C(Nc1ccc(OC(F)(F)F)nc1)c1ccc2cccnc2c1Cl. The van der Waals surface area contributed by atoms with Gasteiger partial charge in [-0.25, -0.2) is 4.98 Å². The number of pyridine rings is 2. The lowest BCUT2D eigenvalue weighted by Gasteiger charge is -2.10. The van der Waals surface area contributed by atoms with E-state index in [1.807, 2.05) is 0 Å². The predicted molar refractivity (Wildman–Crippen MR) is 85.6 cm³/mol. The molecular weight excluding hydrogens is 359 g/mol. The Morgan fingerprint density at radius 1 is 1.12 bits per heavy atom. The Balaban J connectivity index is 1.79. The number of hydrogen-bond acceptors (Lipinski definition) is 4. The van der Waals surface area contributed by atoms with Crippen LogP contribution in [0.5, 0.6) is 5.88 Å². The first-order valence-electron chi connectivity index (χ1n) is 6.90. The molecule has 2 heterocycles. The first-order chi connectivity index (χ1) is 11.8. The maximum Gasteiger partial charge on any atom is 0.574 e. The number of carbonyl (C=O) groups is 1. The monoisotopic (exact) mass is 367 g/mol. The molecule has 0 atom stereocenters. The third-order valence-electron chi connectivity index (χ3n) is 3.17. The van der Waals surface area contributed by atoms with Crippen LogP contribution < -0.4 is 10.1 Å². The second-order valence-electron chi connectivity index (χ2n) is 4.89. The summed E-state index contributed by atoms with van der Waals surface area (Å²) >= 11 is 6.22. The third kappa shape index (κ3) is 3.97. The maximum absolute atomic E-state index is 12.3. The first kappa shape index (κ1) is 17.0. The quantitative estimate of drug-likeness (QED) is 0.743. The standard InChI is InChI=1S/C16H9ClF3N3O2/c17-13-11(5-3-9-2-1-7-21-14(9)13)15(24)23-10-4-6-12(22-8-10)25-16(18,19)20/h1-8H,(H,23,24). The third-order valence-corrected chi connectivity index (χ3v) is 3.55. The highest BCUT2D eigenvalue weighted by molar-refractivity contribution is 6.38. The molecule has 0 aliphatic rings. The Bertz CT molecular complexity index is 930. The average Bonchev–Trinajstić information content (AvgIpc) is 2.56. The average molecular weight is 368 g/mol. The lowest BCUT2D eigenvalue weighted by molar-refractivity contribution is -0.276. The molecule has 3 aromatic rings. The van der Waals surface area contributed by atoms with E-state index in [-0.39, 0.29) is 16.3 Å². The van der Waals surface area contributed by atoms with E-state index in [1.54, 1.807) is 24.4 Å². The number of rotatable bonds is 3. The molecule has 0 aliphatic heterocycles. The van der Waals surface area contributed by atoms with E-state index in [1.165, 1.54) is 12.1 Å². The fourth-order valence-corrected chi connectivity index (χ4v) is 2.42. The Labute approximate surface area is 144 Å². The minimum Gasteiger partial charge on any atom is -0.388 e. The van der Waals surface area contributed by atoms with E-state index in [0.29, 0.717) is 5.52 Å². The summed E-state index contributed by atoms with van der Waals surface area (Å²) in [6.07, 6.45) is -2.23. The van der Waals surface area contributed by atoms with E-state index in [0.717, 1.165) is 17.6 Å². The van der Waals surface area contributed by atoms with Gasteiger partial charge < -0.3 is 10.1 Å². The molecule has 1 amide bonds. The fourth-order valence-electron chi connectivity index (χ4n) is 2.12. The van der Waals surface area contributed by atoms with Gasteiger partial charge in [0, 0.05) is 17.6 Å². The van der Waals surface area contributed by atoms with Gasteiger partial charge in [-0.15, -0.1) is 13.2 Å². The number of aromatic nitrogens is 2. The van der Waals surface area contributed by atoms with Crippen LogP contribution in [0, 0.1) is 0 Å². The zero-order valence-corrected chi connectivity index (χ0v) is 13.1. The highest BCUT2D eigenvalue weighted by Gasteiger charge is 2.31. The molecule has 9 heteroatoms. The second kappa shape index (κ2) is 6.56. The molecule has 1 N–H and O–H groups in total. The lowest BCUT2D eigenvalue weighted by atomic mass is 10.1. The molecule has 3 rings (SSSR count). The topological polar surface area (TPSA) is 64.1 Å². The molecule has 0 bridgehead atoms. The van der Waals surface area contributed by atoms with Gasteiger partial charge in [-0.3, -0.25) is 9.78 Å². The summed E-state index contributed by atoms with van der Waals surface area (Å²) in [4.78, 5) is 19.9. The molecule has 5 nitrogen and oxygen atoms in total. The number of hydrogen-bond donors (Lipinski definition) is 1. The van der Waals surface area contributed by atoms with E-state index < -0.39 is 18.1 Å². The van der Waals surface area contributed by atoms with E-state index in [2.05, 4.69) is 20.0 Å². The number of carbonyl (C=O) groups excluding carboxylic acids is 1. The van der Waals surface area contributed by atoms with Crippen molar-refractivity contribution in [3.8, 4) is 5.88 Å². The van der Waals surface area contributed by atoms with Crippen LogP contribution >= 0.6 is 11.6 Å². The van der Waals surface area contributed by atoms with Crippen molar-refractivity contribution >= 4 is 34.1 Å². The van der Waals surface area contributed by atoms with Crippen LogP contribution in [0.15, 0.2) is 48.8 Å². The number of amides is 1. The minimum atomic E-state index is -4.83. The van der Waals surface area contributed by atoms with Crippen LogP contribution in [-0.4, -0.2) is 22.2 Å². The minimum absolute atomic E-state index is 0.181. The van der Waals surface area contributed by atoms with Gasteiger partial charge in [-0.1, -0.05) is 23.7 Å². The molecule has 0 saturated heterocycles. The van der Waals surface area contributed by atoms with Crippen LogP contribution in [-0.2, 0) is 0 Å². The van der Waals surface area contributed by atoms with E-state index >= 15 is 0 Å². The Morgan fingerprint density at radius 2 is 1.92 bits per heavy atom. The van der Waals surface area contributed by atoms with Crippen molar-refractivity contribution in [2.45, 2.75) is 6.36 Å². The van der Waals surface area contributed by atoms with Crippen LogP contribution in [0.4, 0.5) is 18.9 Å². The maximum atomic E-state index is 12.3. The van der Waals surface area contributed by atoms with Crippen molar-refractivity contribution in [1.29, 1.82) is 0 Å². The molecule has 0 aliphatic carbocycles. The van der Waals surface area contributed by atoms with Gasteiger partial charge >= 0.3 is 6.36 Å². The van der Waals surface area contributed by atoms with E-state index in [9.17, 15) is 18.0 Å². The molecule has 1 aromatic carbocycles. The first-order valence-corrected chi connectivity index (χ1v) is 7.28. The van der Waals surface area contributed by atoms with Crippen LogP contribution in [0.3, 0.4) is 0 Å². The van der Waals surface area contributed by atoms with Gasteiger partial charge in [0.1, 0.15) is 0 Å². The van der Waals surface area contributed by atoms with Gasteiger partial charge in [0.15, 0.2) is 0 Å². The molecule has 0 fully saturated rings. The van der Waals surface area contributed by atoms with Crippen molar-refractivity contribution in [1.82, 2.24) is 9.97 Å². The molecule has 0 unspecified atom stereocenters. The van der Waals surface area contributed by atoms with Gasteiger partial charge in [0.05, 0.1) is 28.0 Å². The van der Waals surface area contributed by atoms with E-state index in [4.69, 9.17) is 11.6 Å². The summed E-state index contributed by atoms with van der Waals surface area (Å²) in [7, 11) is 0. The number of nitrogens with zero attached hydrogens (tertiary/aromatic N) is 2. The second-order valence-corrected chi connectivity index (χ2v) is 5.27. The van der Waals surface area contributed by atoms with Gasteiger partial charge in [-0.2, -0.15) is 0 Å². The lowest BCUT2D eigenvalue weighted by Crippen LogP contribution is -2.18. The normalized spacial score (nSPS) is 11.4.